The summed E-state index contributed by atoms with van der Waals surface area (Å²) in [4.78, 5) is 18.6. The number of carbonyl (C=O) groups excluding carboxylic acids is 1. The number of likely N-dealkylation sites (tertiary alicyclic amines) is 1. The molecule has 1 amide bonds. The third-order valence-electron chi connectivity index (χ3n) is 3.37. The average Bonchev–Trinajstić information content (AvgIpc) is 2.44. The molecule has 2 N–H and O–H groups in total. The lowest BCUT2D eigenvalue weighted by Gasteiger charge is -2.33. The van der Waals surface area contributed by atoms with Gasteiger partial charge in [-0.15, -0.1) is 0 Å². The monoisotopic (exact) mass is 312 g/mol. The minimum absolute atomic E-state index is 0.209. The smallest absolute Gasteiger partial charge is 0.410 e. The Bertz CT molecular complexity index is 369. The van der Waals surface area contributed by atoms with Crippen LogP contribution in [0.4, 0.5) is 4.79 Å². The van der Waals surface area contributed by atoms with Gasteiger partial charge in [-0.05, 0) is 53.4 Å². The van der Waals surface area contributed by atoms with Crippen LogP contribution in [0.2, 0.25) is 0 Å². The van der Waals surface area contributed by atoms with E-state index in [0.717, 1.165) is 51.5 Å². The Morgan fingerprint density at radius 1 is 1.27 bits per heavy atom. The van der Waals surface area contributed by atoms with Crippen LogP contribution in [0.5, 0.6) is 0 Å². The van der Waals surface area contributed by atoms with Crippen molar-refractivity contribution in [2.45, 2.75) is 53.1 Å². The van der Waals surface area contributed by atoms with Crippen molar-refractivity contribution in [3.63, 3.8) is 0 Å². The molecule has 1 saturated heterocycles. The van der Waals surface area contributed by atoms with E-state index in [2.05, 4.69) is 29.5 Å². The molecule has 1 unspecified atom stereocenters. The molecule has 1 aliphatic rings. The number of carbonyl (C=O) groups is 1. The molecule has 0 aromatic rings. The summed E-state index contributed by atoms with van der Waals surface area (Å²) in [5.74, 6) is 1.24. The van der Waals surface area contributed by atoms with Gasteiger partial charge in [0.05, 0.1) is 0 Å². The predicted molar refractivity (Wildman–Crippen MR) is 90.2 cm³/mol. The number of nitrogens with one attached hydrogen (secondary N) is 2. The van der Waals surface area contributed by atoms with Crippen molar-refractivity contribution >= 4 is 12.1 Å². The molecule has 128 valence electrons. The van der Waals surface area contributed by atoms with Gasteiger partial charge < -0.3 is 20.3 Å². The maximum Gasteiger partial charge on any atom is 0.410 e. The van der Waals surface area contributed by atoms with Crippen molar-refractivity contribution in [2.24, 2.45) is 10.9 Å². The molecular weight excluding hydrogens is 280 g/mol. The number of ether oxygens (including phenoxy) is 1. The summed E-state index contributed by atoms with van der Waals surface area (Å²) in [6.07, 6.45) is 1.91. The van der Waals surface area contributed by atoms with Crippen molar-refractivity contribution in [3.8, 4) is 0 Å². The molecule has 6 heteroatoms. The first-order valence-electron chi connectivity index (χ1n) is 8.35. The second-order valence-corrected chi connectivity index (χ2v) is 6.68. The van der Waals surface area contributed by atoms with Crippen LogP contribution in [-0.4, -0.2) is 55.3 Å². The maximum atomic E-state index is 12.1. The lowest BCUT2D eigenvalue weighted by Crippen LogP contribution is -2.44. The summed E-state index contributed by atoms with van der Waals surface area (Å²) < 4.78 is 5.45. The van der Waals surface area contributed by atoms with Crippen LogP contribution >= 0.6 is 0 Å². The van der Waals surface area contributed by atoms with E-state index in [4.69, 9.17) is 4.74 Å². The number of nitrogens with zero attached hydrogens (tertiary/aromatic N) is 2. The minimum Gasteiger partial charge on any atom is -0.444 e. The van der Waals surface area contributed by atoms with Gasteiger partial charge in [0.25, 0.3) is 0 Å². The minimum atomic E-state index is -0.439. The Hall–Kier alpha value is -1.46. The van der Waals surface area contributed by atoms with Crippen molar-refractivity contribution in [2.75, 3.05) is 32.7 Å². The molecule has 1 aliphatic heterocycles. The molecule has 0 bridgehead atoms. The fraction of sp³-hybridized carbons (Fsp3) is 0.875. The Morgan fingerprint density at radius 3 is 2.45 bits per heavy atom. The van der Waals surface area contributed by atoms with Crippen LogP contribution in [0.3, 0.4) is 0 Å². The van der Waals surface area contributed by atoms with Gasteiger partial charge in [-0.2, -0.15) is 0 Å². The second-order valence-electron chi connectivity index (χ2n) is 6.68. The van der Waals surface area contributed by atoms with Crippen LogP contribution in [0, 0.1) is 5.92 Å². The summed E-state index contributed by atoms with van der Waals surface area (Å²) in [5.41, 5.74) is -0.439. The third-order valence-corrected chi connectivity index (χ3v) is 3.37. The van der Waals surface area contributed by atoms with Crippen LogP contribution in [0.1, 0.15) is 47.5 Å². The van der Waals surface area contributed by atoms with Gasteiger partial charge in [-0.3, -0.25) is 4.99 Å². The Kier molecular flexibility index (Phi) is 7.48. The summed E-state index contributed by atoms with van der Waals surface area (Å²) >= 11 is 0. The molecule has 0 aromatic heterocycles. The quantitative estimate of drug-likeness (QED) is 0.617. The van der Waals surface area contributed by atoms with E-state index in [1.54, 1.807) is 0 Å². The summed E-state index contributed by atoms with van der Waals surface area (Å²) in [5, 5.41) is 6.44. The van der Waals surface area contributed by atoms with E-state index in [9.17, 15) is 4.79 Å². The molecule has 0 aliphatic carbocycles. The standard InChI is InChI=1S/C16H32N4O2/c1-6-17-14(18-7-2)19-11-13-9-8-10-20(12-13)15(21)22-16(3,4)5/h13H,6-12H2,1-5H3,(H2,17,18,19). The van der Waals surface area contributed by atoms with Gasteiger partial charge in [-0.25, -0.2) is 4.79 Å². The largest absolute Gasteiger partial charge is 0.444 e. The van der Waals surface area contributed by atoms with E-state index < -0.39 is 5.60 Å². The molecule has 0 saturated carbocycles. The zero-order valence-corrected chi connectivity index (χ0v) is 14.7. The predicted octanol–water partition coefficient (Wildman–Crippen LogP) is 2.21. The zero-order chi connectivity index (χ0) is 16.6. The van der Waals surface area contributed by atoms with Crippen LogP contribution in [0.25, 0.3) is 0 Å². The molecule has 1 atom stereocenters. The summed E-state index contributed by atoms with van der Waals surface area (Å²) in [6, 6.07) is 0. The highest BCUT2D eigenvalue weighted by Crippen LogP contribution is 2.19. The molecule has 0 aromatic carbocycles. The number of piperidine rings is 1. The van der Waals surface area contributed by atoms with E-state index in [-0.39, 0.29) is 6.09 Å². The Balaban J connectivity index is 2.52. The fourth-order valence-corrected chi connectivity index (χ4v) is 2.44. The number of aliphatic imine (C=N–C) groups is 1. The van der Waals surface area contributed by atoms with Gasteiger partial charge in [0, 0.05) is 32.7 Å². The van der Waals surface area contributed by atoms with E-state index in [1.165, 1.54) is 0 Å². The number of rotatable bonds is 4. The van der Waals surface area contributed by atoms with Gasteiger partial charge in [0.15, 0.2) is 5.96 Å². The molecular formula is C16H32N4O2. The first kappa shape index (κ1) is 18.6. The lowest BCUT2D eigenvalue weighted by molar-refractivity contribution is 0.0170. The SMILES string of the molecule is CCNC(=NCC1CCCN(C(=O)OC(C)(C)C)C1)NCC. The maximum absolute atomic E-state index is 12.1. The molecule has 0 spiro atoms. The first-order chi connectivity index (χ1) is 10.4. The van der Waals surface area contributed by atoms with Gasteiger partial charge >= 0.3 is 6.09 Å². The lowest BCUT2D eigenvalue weighted by atomic mass is 9.98. The van der Waals surface area contributed by atoms with Gasteiger partial charge in [0.2, 0.25) is 0 Å². The van der Waals surface area contributed by atoms with E-state index >= 15 is 0 Å². The van der Waals surface area contributed by atoms with Crippen LogP contribution in [-0.2, 0) is 4.74 Å². The topological polar surface area (TPSA) is 66.0 Å². The van der Waals surface area contributed by atoms with Crippen molar-refractivity contribution in [3.05, 3.63) is 0 Å². The van der Waals surface area contributed by atoms with Gasteiger partial charge in [-0.1, -0.05) is 0 Å². The fourth-order valence-electron chi connectivity index (χ4n) is 2.44. The molecule has 1 heterocycles. The number of hydrogen-bond acceptors (Lipinski definition) is 3. The second kappa shape index (κ2) is 8.86. The molecule has 22 heavy (non-hydrogen) atoms. The number of hydrogen-bond donors (Lipinski definition) is 2. The summed E-state index contributed by atoms with van der Waals surface area (Å²) in [7, 11) is 0. The van der Waals surface area contributed by atoms with E-state index in [0.29, 0.717) is 5.92 Å². The molecule has 1 rings (SSSR count). The zero-order valence-electron chi connectivity index (χ0n) is 14.7. The summed E-state index contributed by atoms with van der Waals surface area (Å²) in [6.45, 7) is 13.7. The highest BCUT2D eigenvalue weighted by molar-refractivity contribution is 5.79. The van der Waals surface area contributed by atoms with Crippen LogP contribution < -0.4 is 10.6 Å². The number of amides is 1. The van der Waals surface area contributed by atoms with Crippen molar-refractivity contribution < 1.29 is 9.53 Å². The highest BCUT2D eigenvalue weighted by atomic mass is 16.6. The molecule has 1 fully saturated rings. The number of guanidine groups is 1. The molecule has 0 radical (unpaired) electrons. The molecule has 6 nitrogen and oxygen atoms in total. The average molecular weight is 312 g/mol. The Morgan fingerprint density at radius 2 is 1.91 bits per heavy atom. The van der Waals surface area contributed by atoms with E-state index in [1.807, 2.05) is 25.7 Å². The Labute approximate surface area is 134 Å². The first-order valence-corrected chi connectivity index (χ1v) is 8.35. The van der Waals surface area contributed by atoms with Crippen LogP contribution in [0.15, 0.2) is 4.99 Å². The normalized spacial score (nSPS) is 18.6. The van der Waals surface area contributed by atoms with Crippen molar-refractivity contribution in [1.82, 2.24) is 15.5 Å². The van der Waals surface area contributed by atoms with Crippen molar-refractivity contribution in [1.29, 1.82) is 0 Å². The highest BCUT2D eigenvalue weighted by Gasteiger charge is 2.27. The third kappa shape index (κ3) is 7.00. The van der Waals surface area contributed by atoms with Gasteiger partial charge in [0.1, 0.15) is 5.60 Å².